The molecule has 144 valence electrons. The number of rotatable bonds is 10. The highest BCUT2D eigenvalue weighted by Gasteiger charge is 2.11. The van der Waals surface area contributed by atoms with Crippen molar-refractivity contribution in [3.63, 3.8) is 0 Å². The number of amides is 1. The minimum Gasteiger partial charge on any atom is -0.494 e. The van der Waals surface area contributed by atoms with Crippen molar-refractivity contribution in [3.05, 3.63) is 29.8 Å². The number of likely N-dealkylation sites (tertiary alicyclic amines) is 1. The van der Waals surface area contributed by atoms with Crippen molar-refractivity contribution in [1.82, 2.24) is 10.2 Å². The first kappa shape index (κ1) is 20.4. The normalized spacial score (nSPS) is 15.3. The van der Waals surface area contributed by atoms with Crippen molar-refractivity contribution < 1.29 is 14.3 Å². The number of hydrogen-bond acceptors (Lipinski definition) is 4. The number of benzene rings is 1. The minimum absolute atomic E-state index is 0.00490. The van der Waals surface area contributed by atoms with Gasteiger partial charge in [-0.15, -0.1) is 0 Å². The first-order valence-electron chi connectivity index (χ1n) is 9.94. The van der Waals surface area contributed by atoms with Gasteiger partial charge in [0, 0.05) is 31.5 Å². The van der Waals surface area contributed by atoms with Gasteiger partial charge >= 0.3 is 0 Å². The van der Waals surface area contributed by atoms with Crippen molar-refractivity contribution in [2.75, 3.05) is 32.8 Å². The van der Waals surface area contributed by atoms with E-state index < -0.39 is 0 Å². The third-order valence-corrected chi connectivity index (χ3v) is 4.68. The van der Waals surface area contributed by atoms with E-state index in [0.717, 1.165) is 31.8 Å². The smallest absolute Gasteiger partial charge is 0.220 e. The molecule has 1 heterocycles. The van der Waals surface area contributed by atoms with E-state index in [1.165, 1.54) is 25.7 Å². The lowest BCUT2D eigenvalue weighted by Crippen LogP contribution is -2.35. The van der Waals surface area contributed by atoms with E-state index in [-0.39, 0.29) is 24.5 Å². The molecule has 0 spiro atoms. The first-order chi connectivity index (χ1) is 12.7. The van der Waals surface area contributed by atoms with E-state index in [1.54, 1.807) is 12.1 Å². The number of Topliss-reactive ketones (excluding diaryl/α,β-unsaturated/α-hetero) is 1. The van der Waals surface area contributed by atoms with Crippen molar-refractivity contribution in [2.24, 2.45) is 0 Å². The average Bonchev–Trinajstić information content (AvgIpc) is 2.94. The summed E-state index contributed by atoms with van der Waals surface area (Å²) in [4.78, 5) is 26.6. The van der Waals surface area contributed by atoms with E-state index >= 15 is 0 Å². The molecule has 1 aromatic rings. The third-order valence-electron chi connectivity index (χ3n) is 4.68. The van der Waals surface area contributed by atoms with Gasteiger partial charge in [0.2, 0.25) is 5.91 Å². The van der Waals surface area contributed by atoms with E-state index in [0.29, 0.717) is 18.7 Å². The van der Waals surface area contributed by atoms with Gasteiger partial charge in [0.1, 0.15) is 5.75 Å². The Hall–Kier alpha value is -1.88. The fraction of sp³-hybridized carbons (Fsp3) is 0.619. The SMILES string of the molecule is CCCOc1ccc(C(=O)CCC(=O)NCCN2CCCCCC2)cc1. The third kappa shape index (κ3) is 7.56. The summed E-state index contributed by atoms with van der Waals surface area (Å²) in [6.45, 7) is 6.55. The Balaban J connectivity index is 1.63. The standard InChI is InChI=1S/C21H32N2O3/c1-2-17-26-19-9-7-18(8-10-19)20(24)11-12-21(25)22-13-16-23-14-5-3-4-6-15-23/h7-10H,2-6,11-17H2,1H3,(H,22,25). The molecule has 1 aromatic carbocycles. The summed E-state index contributed by atoms with van der Waals surface area (Å²) < 4.78 is 5.51. The zero-order valence-corrected chi connectivity index (χ0v) is 16.0. The van der Waals surface area contributed by atoms with Crippen LogP contribution in [0, 0.1) is 0 Å². The highest BCUT2D eigenvalue weighted by molar-refractivity contribution is 5.98. The topological polar surface area (TPSA) is 58.6 Å². The number of nitrogens with zero attached hydrogens (tertiary/aromatic N) is 1. The molecule has 5 heteroatoms. The fourth-order valence-corrected chi connectivity index (χ4v) is 3.13. The molecule has 0 unspecified atom stereocenters. The van der Waals surface area contributed by atoms with Crippen LogP contribution >= 0.6 is 0 Å². The van der Waals surface area contributed by atoms with Gasteiger partial charge in [-0.2, -0.15) is 0 Å². The molecule has 0 saturated carbocycles. The molecule has 0 bridgehead atoms. The van der Waals surface area contributed by atoms with Gasteiger partial charge in [-0.05, 0) is 56.6 Å². The molecule has 0 atom stereocenters. The summed E-state index contributed by atoms with van der Waals surface area (Å²) in [7, 11) is 0. The summed E-state index contributed by atoms with van der Waals surface area (Å²) in [5, 5.41) is 2.94. The van der Waals surface area contributed by atoms with Crippen LogP contribution in [-0.4, -0.2) is 49.4 Å². The van der Waals surface area contributed by atoms with Crippen LogP contribution in [0.3, 0.4) is 0 Å². The highest BCUT2D eigenvalue weighted by Crippen LogP contribution is 2.14. The van der Waals surface area contributed by atoms with Crippen LogP contribution in [0.4, 0.5) is 0 Å². The van der Waals surface area contributed by atoms with Gasteiger partial charge in [0.25, 0.3) is 0 Å². The molecule has 0 radical (unpaired) electrons. The van der Waals surface area contributed by atoms with Gasteiger partial charge in [-0.1, -0.05) is 19.8 Å². The molecule has 1 amide bonds. The van der Waals surface area contributed by atoms with Gasteiger partial charge in [0.15, 0.2) is 5.78 Å². The van der Waals surface area contributed by atoms with Crippen LogP contribution in [0.1, 0.15) is 62.2 Å². The second-order valence-electron chi connectivity index (χ2n) is 6.90. The Labute approximate surface area is 157 Å². The van der Waals surface area contributed by atoms with Crippen LogP contribution < -0.4 is 10.1 Å². The van der Waals surface area contributed by atoms with Gasteiger partial charge in [-0.25, -0.2) is 0 Å². The van der Waals surface area contributed by atoms with Crippen molar-refractivity contribution >= 4 is 11.7 Å². The van der Waals surface area contributed by atoms with Gasteiger partial charge in [0.05, 0.1) is 6.61 Å². The van der Waals surface area contributed by atoms with Crippen molar-refractivity contribution in [1.29, 1.82) is 0 Å². The summed E-state index contributed by atoms with van der Waals surface area (Å²) in [6, 6.07) is 7.16. The Kier molecular flexibility index (Phi) is 9.18. The molecule has 26 heavy (non-hydrogen) atoms. The largest absolute Gasteiger partial charge is 0.494 e. The number of nitrogens with one attached hydrogen (secondary N) is 1. The van der Waals surface area contributed by atoms with Crippen LogP contribution in [-0.2, 0) is 4.79 Å². The molecule has 1 N–H and O–H groups in total. The maximum atomic E-state index is 12.2. The first-order valence-corrected chi connectivity index (χ1v) is 9.94. The quantitative estimate of drug-likeness (QED) is 0.650. The summed E-state index contributed by atoms with van der Waals surface area (Å²) in [6.07, 6.45) is 6.58. The Bertz CT molecular complexity index is 549. The van der Waals surface area contributed by atoms with E-state index in [4.69, 9.17) is 4.74 Å². The second kappa shape index (κ2) is 11.7. The molecule has 1 aliphatic rings. The number of carbonyl (C=O) groups excluding carboxylic acids is 2. The minimum atomic E-state index is -0.0453. The lowest BCUT2D eigenvalue weighted by atomic mass is 10.1. The molecule has 1 saturated heterocycles. The Morgan fingerprint density at radius 3 is 2.38 bits per heavy atom. The van der Waals surface area contributed by atoms with E-state index in [9.17, 15) is 9.59 Å². The highest BCUT2D eigenvalue weighted by atomic mass is 16.5. The van der Waals surface area contributed by atoms with Crippen molar-refractivity contribution in [2.45, 2.75) is 51.9 Å². The van der Waals surface area contributed by atoms with Crippen LogP contribution in [0.25, 0.3) is 0 Å². The van der Waals surface area contributed by atoms with Crippen LogP contribution in [0.5, 0.6) is 5.75 Å². The lowest BCUT2D eigenvalue weighted by Gasteiger charge is -2.19. The zero-order chi connectivity index (χ0) is 18.6. The van der Waals surface area contributed by atoms with Crippen molar-refractivity contribution in [3.8, 4) is 5.75 Å². The lowest BCUT2D eigenvalue weighted by molar-refractivity contribution is -0.121. The number of carbonyl (C=O) groups is 2. The molecule has 1 aliphatic heterocycles. The maximum absolute atomic E-state index is 12.2. The molecule has 2 rings (SSSR count). The van der Waals surface area contributed by atoms with Crippen LogP contribution in [0.15, 0.2) is 24.3 Å². The molecular formula is C21H32N2O3. The summed E-state index contributed by atoms with van der Waals surface area (Å²) in [5.74, 6) is 0.723. The van der Waals surface area contributed by atoms with E-state index in [2.05, 4.69) is 17.1 Å². The predicted octanol–water partition coefficient (Wildman–Crippen LogP) is 3.43. The zero-order valence-electron chi connectivity index (χ0n) is 16.0. The summed E-state index contributed by atoms with van der Waals surface area (Å²) in [5.41, 5.74) is 0.631. The molecule has 0 aromatic heterocycles. The maximum Gasteiger partial charge on any atom is 0.220 e. The predicted molar refractivity (Wildman–Crippen MR) is 104 cm³/mol. The molecule has 0 aliphatic carbocycles. The van der Waals surface area contributed by atoms with Gasteiger partial charge < -0.3 is 15.0 Å². The van der Waals surface area contributed by atoms with E-state index in [1.807, 2.05) is 12.1 Å². The molecule has 1 fully saturated rings. The molecule has 5 nitrogen and oxygen atoms in total. The number of ketones is 1. The number of hydrogen-bond donors (Lipinski definition) is 1. The average molecular weight is 360 g/mol. The molecular weight excluding hydrogens is 328 g/mol. The number of ether oxygens (including phenoxy) is 1. The Morgan fingerprint density at radius 1 is 1.04 bits per heavy atom. The second-order valence-corrected chi connectivity index (χ2v) is 6.90. The monoisotopic (exact) mass is 360 g/mol. The summed E-state index contributed by atoms with van der Waals surface area (Å²) >= 11 is 0. The van der Waals surface area contributed by atoms with Crippen LogP contribution in [0.2, 0.25) is 0 Å². The Morgan fingerprint density at radius 2 is 1.73 bits per heavy atom. The fourth-order valence-electron chi connectivity index (χ4n) is 3.13. The van der Waals surface area contributed by atoms with Gasteiger partial charge in [-0.3, -0.25) is 9.59 Å².